The molecule has 3 heterocycles. The number of halogens is 8. The van der Waals surface area contributed by atoms with Gasteiger partial charge in [-0.15, -0.1) is 0 Å². The maximum absolute atomic E-state index is 14.9. The average Bonchev–Trinajstić information content (AvgIpc) is 3.59. The van der Waals surface area contributed by atoms with Crippen LogP contribution in [0.4, 0.5) is 17.3 Å². The van der Waals surface area contributed by atoms with Crippen molar-refractivity contribution in [3.8, 4) is 11.4 Å². The van der Waals surface area contributed by atoms with Gasteiger partial charge in [0.15, 0.2) is 0 Å². The zero-order chi connectivity index (χ0) is 42.4. The molecule has 1 aromatic heterocycles. The summed E-state index contributed by atoms with van der Waals surface area (Å²) in [6, 6.07) is 1.60. The number of carbonyl (C=O) groups is 4. The number of fused-ring (bicyclic) bond motifs is 2. The maximum Gasteiger partial charge on any atom is 0.673 e. The highest BCUT2D eigenvalue weighted by Gasteiger charge is 2.54. The Hall–Kier alpha value is -3.91. The smallest absolute Gasteiger partial charge is 0.418 e. The molecule has 8 rings (SSSR count). The minimum Gasteiger partial charge on any atom is -0.418 e. The van der Waals surface area contributed by atoms with Gasteiger partial charge < -0.3 is 17.3 Å². The lowest BCUT2D eigenvalue weighted by molar-refractivity contribution is -0.705. The van der Waals surface area contributed by atoms with Gasteiger partial charge in [0.2, 0.25) is 0 Å². The number of allylic oxidation sites excluding steroid dienone is 4. The lowest BCUT2D eigenvalue weighted by atomic mass is 9.60. The molecule has 8 nitrogen and oxygen atoms in total. The Morgan fingerprint density at radius 1 is 0.759 bits per heavy atom. The topological polar surface area (TPSA) is 83.6 Å². The first-order chi connectivity index (χ1) is 27.3. The van der Waals surface area contributed by atoms with Crippen LogP contribution in [0.15, 0.2) is 57.4 Å². The van der Waals surface area contributed by atoms with Crippen molar-refractivity contribution in [1.29, 1.82) is 0 Å². The Kier molecular flexibility index (Phi) is 11.1. The van der Waals surface area contributed by atoms with E-state index in [1.807, 2.05) is 26.2 Å². The molecule has 2 aliphatic heterocycles. The standard InChI is InChI=1S/C41H39Cl4N4O4.BF4/c1-7-9-11-48-38(50)20-15-23(42)28-29-24(43)17-22-27-32(29)33(30-25(44)16-21(39(48)51)26(20)31(28)30)36(45)35(34(27)41(53)49(40(22)52)12-10-8-2)37-46(18(3)4)13-14-47(37)19(5)6;2-1(3,4)5/h13-19,30-31H,7-12H2,1-6H3;/q+1;-1. The molecule has 0 saturated heterocycles. The third-order valence-corrected chi connectivity index (χ3v) is 12.6. The minimum absolute atomic E-state index is 0.0164. The third kappa shape index (κ3) is 6.46. The molecule has 2 aromatic carbocycles. The number of aromatic nitrogens is 2. The van der Waals surface area contributed by atoms with Crippen molar-refractivity contribution in [1.82, 2.24) is 14.4 Å². The van der Waals surface area contributed by atoms with Gasteiger partial charge in [-0.25, -0.2) is 9.13 Å². The summed E-state index contributed by atoms with van der Waals surface area (Å²) in [5, 5.41) is 2.13. The van der Waals surface area contributed by atoms with Crippen molar-refractivity contribution >= 4 is 93.6 Å². The summed E-state index contributed by atoms with van der Waals surface area (Å²) in [5.41, 5.74) is 3.99. The molecule has 4 amide bonds. The van der Waals surface area contributed by atoms with Gasteiger partial charge in [-0.05, 0) is 80.9 Å². The van der Waals surface area contributed by atoms with Gasteiger partial charge in [0.05, 0.1) is 33.8 Å². The summed E-state index contributed by atoms with van der Waals surface area (Å²) in [4.78, 5) is 60.1. The molecule has 3 aromatic rings. The highest BCUT2D eigenvalue weighted by atomic mass is 35.5. The van der Waals surface area contributed by atoms with Crippen molar-refractivity contribution in [2.45, 2.75) is 85.2 Å². The first-order valence-corrected chi connectivity index (χ1v) is 20.7. The van der Waals surface area contributed by atoms with E-state index in [9.17, 15) is 36.4 Å². The Balaban J connectivity index is 0.000000966. The van der Waals surface area contributed by atoms with Crippen LogP contribution in [0.1, 0.15) is 117 Å². The molecular formula is C41H39BCl4F4N4O4. The van der Waals surface area contributed by atoms with E-state index in [1.165, 1.54) is 9.80 Å². The molecule has 0 fully saturated rings. The molecule has 0 saturated carbocycles. The molecule has 2 atom stereocenters. The van der Waals surface area contributed by atoms with Crippen molar-refractivity contribution in [3.05, 3.63) is 89.7 Å². The van der Waals surface area contributed by atoms with Crippen molar-refractivity contribution in [2.75, 3.05) is 13.1 Å². The SMILES string of the molecule is CCCCN1C(=O)C2=CC(Cl)=C3c4c(Cl)cc5c6c(c(-c7n(C(C)C)cc[n+]7C(C)C)c(Cl)c(c46)C4C(Cl)=CC(=C2C34)C1=O)C(=O)N(CCCC)C5=O.F[B-](F)(F)F. The summed E-state index contributed by atoms with van der Waals surface area (Å²) in [5.74, 6) is -2.36. The number of imidazole rings is 1. The van der Waals surface area contributed by atoms with E-state index in [0.29, 0.717) is 89.6 Å². The van der Waals surface area contributed by atoms with E-state index < -0.39 is 42.7 Å². The predicted molar refractivity (Wildman–Crippen MR) is 218 cm³/mol. The molecule has 0 spiro atoms. The lowest BCUT2D eigenvalue weighted by Gasteiger charge is -2.46. The average molecular weight is 880 g/mol. The quantitative estimate of drug-likeness (QED) is 0.0928. The van der Waals surface area contributed by atoms with E-state index in [0.717, 1.165) is 12.8 Å². The second-order valence-electron chi connectivity index (χ2n) is 15.5. The summed E-state index contributed by atoms with van der Waals surface area (Å²) >= 11 is 29.6. The van der Waals surface area contributed by atoms with Gasteiger partial charge in [-0.3, -0.25) is 29.0 Å². The van der Waals surface area contributed by atoms with Crippen LogP contribution in [-0.2, 0) is 9.59 Å². The van der Waals surface area contributed by atoms with E-state index in [1.54, 1.807) is 18.2 Å². The highest BCUT2D eigenvalue weighted by Crippen LogP contribution is 2.64. The molecule has 17 heteroatoms. The number of unbranched alkanes of at least 4 members (excludes halogenated alkanes) is 2. The predicted octanol–water partition coefficient (Wildman–Crippen LogP) is 11.0. The zero-order valence-electron chi connectivity index (χ0n) is 32.5. The number of amides is 4. The Morgan fingerprint density at radius 2 is 1.36 bits per heavy atom. The van der Waals surface area contributed by atoms with Crippen LogP contribution in [-0.4, -0.2) is 58.3 Å². The van der Waals surface area contributed by atoms with Crippen LogP contribution in [0, 0.1) is 5.92 Å². The molecule has 0 radical (unpaired) electrons. The number of imide groups is 2. The first kappa shape index (κ1) is 42.2. The Morgan fingerprint density at radius 3 is 1.93 bits per heavy atom. The Labute approximate surface area is 352 Å². The summed E-state index contributed by atoms with van der Waals surface area (Å²) in [6.45, 7) is 12.8. The normalized spacial score (nSPS) is 19.7. The summed E-state index contributed by atoms with van der Waals surface area (Å²) < 4.78 is 43.2. The molecule has 5 aliphatic rings. The fourth-order valence-corrected chi connectivity index (χ4v) is 10.3. The molecule has 0 bridgehead atoms. The van der Waals surface area contributed by atoms with E-state index >= 15 is 0 Å². The van der Waals surface area contributed by atoms with Crippen LogP contribution in [0.5, 0.6) is 0 Å². The van der Waals surface area contributed by atoms with E-state index in [4.69, 9.17) is 46.4 Å². The van der Waals surface area contributed by atoms with Crippen molar-refractivity contribution in [2.24, 2.45) is 5.92 Å². The molecule has 58 heavy (non-hydrogen) atoms. The largest absolute Gasteiger partial charge is 0.673 e. The van der Waals surface area contributed by atoms with Crippen LogP contribution >= 0.6 is 46.4 Å². The van der Waals surface area contributed by atoms with E-state index in [-0.39, 0.29) is 35.2 Å². The molecular weight excluding hydrogens is 841 g/mol. The van der Waals surface area contributed by atoms with Gasteiger partial charge in [0, 0.05) is 62.1 Å². The number of carbonyl (C=O) groups excluding carboxylic acids is 4. The minimum atomic E-state index is -6.00. The monoisotopic (exact) mass is 878 g/mol. The molecule has 0 N–H and O–H groups in total. The van der Waals surface area contributed by atoms with Crippen molar-refractivity contribution < 1.29 is 41.0 Å². The zero-order valence-corrected chi connectivity index (χ0v) is 35.5. The van der Waals surface area contributed by atoms with Crippen LogP contribution in [0.3, 0.4) is 0 Å². The van der Waals surface area contributed by atoms with Gasteiger partial charge in [0.1, 0.15) is 12.4 Å². The molecule has 2 unspecified atom stereocenters. The number of rotatable bonds is 9. The second-order valence-corrected chi connectivity index (χ2v) is 17.1. The lowest BCUT2D eigenvalue weighted by Crippen LogP contribution is -2.47. The number of hydrogen-bond donors (Lipinski definition) is 0. The van der Waals surface area contributed by atoms with Crippen LogP contribution in [0.25, 0.3) is 27.7 Å². The van der Waals surface area contributed by atoms with E-state index in [2.05, 4.69) is 36.8 Å². The summed E-state index contributed by atoms with van der Waals surface area (Å²) in [7, 11) is -6.00. The number of benzene rings is 2. The highest BCUT2D eigenvalue weighted by molar-refractivity contribution is 6.50. The van der Waals surface area contributed by atoms with Gasteiger partial charge in [-0.2, -0.15) is 0 Å². The fourth-order valence-electron chi connectivity index (χ4n) is 8.90. The fraction of sp³-hybridized carbons (Fsp3) is 0.390. The number of hydrogen-bond acceptors (Lipinski definition) is 4. The van der Waals surface area contributed by atoms with Crippen molar-refractivity contribution in [3.63, 3.8) is 0 Å². The maximum atomic E-state index is 14.9. The Bertz CT molecular complexity index is 2470. The molecule has 3 aliphatic carbocycles. The van der Waals surface area contributed by atoms with Crippen LogP contribution < -0.4 is 4.57 Å². The summed E-state index contributed by atoms with van der Waals surface area (Å²) in [6.07, 6.45) is 10.1. The van der Waals surface area contributed by atoms with Gasteiger partial charge in [0.25, 0.3) is 29.5 Å². The van der Waals surface area contributed by atoms with Gasteiger partial charge >= 0.3 is 7.25 Å². The first-order valence-electron chi connectivity index (χ1n) is 19.2. The third-order valence-electron chi connectivity index (χ3n) is 11.3. The van der Waals surface area contributed by atoms with Crippen LogP contribution in [0.2, 0.25) is 10.0 Å². The second kappa shape index (κ2) is 15.3. The van der Waals surface area contributed by atoms with Gasteiger partial charge in [-0.1, -0.05) is 73.1 Å². The number of nitrogens with zero attached hydrogens (tertiary/aromatic N) is 4. The molecule has 306 valence electrons.